The van der Waals surface area contributed by atoms with Crippen molar-refractivity contribution in [3.05, 3.63) is 323 Å². The van der Waals surface area contributed by atoms with Crippen LogP contribution in [0.3, 0.4) is 0 Å². The zero-order valence-electron chi connectivity index (χ0n) is 66.8. The first-order valence-corrected chi connectivity index (χ1v) is 39.1. The summed E-state index contributed by atoms with van der Waals surface area (Å²) in [6.45, 7) is 5.00. The van der Waals surface area contributed by atoms with Gasteiger partial charge in [0.15, 0.2) is 0 Å². The smallest absolute Gasteiger partial charge is 0.252 e. The fourth-order valence-electron chi connectivity index (χ4n) is 12.5. The van der Waals surface area contributed by atoms with E-state index in [0.29, 0.717) is 11.1 Å². The minimum atomic E-state index is -1.37. The minimum absolute atomic E-state index is 0.00132. The lowest BCUT2D eigenvalue weighted by Crippen LogP contribution is -2.50. The third-order valence-corrected chi connectivity index (χ3v) is 19.2. The third-order valence-electron chi connectivity index (χ3n) is 19.2. The van der Waals surface area contributed by atoms with Crippen molar-refractivity contribution >= 4 is 117 Å². The second kappa shape index (κ2) is 42.7. The summed E-state index contributed by atoms with van der Waals surface area (Å²) >= 11 is 0. The number of ether oxygens (including phenoxy) is 2. The van der Waals surface area contributed by atoms with E-state index in [9.17, 15) is 67.1 Å². The highest BCUT2D eigenvalue weighted by Gasteiger charge is 2.31. The maximum absolute atomic E-state index is 14.4. The summed E-state index contributed by atoms with van der Waals surface area (Å²) in [5.41, 5.74) is 3.75. The molecule has 10 aromatic carbocycles. The van der Waals surface area contributed by atoms with Crippen LogP contribution < -0.4 is 74.4 Å². The van der Waals surface area contributed by atoms with Gasteiger partial charge in [-0.1, -0.05) is 158 Å². The Morgan fingerprint density at radius 3 is 0.689 bits per heavy atom. The lowest BCUT2D eigenvalue weighted by molar-refractivity contribution is -0.127. The lowest BCUT2D eigenvalue weighted by Gasteiger charge is -2.21. The van der Waals surface area contributed by atoms with Crippen molar-refractivity contribution in [2.24, 2.45) is 0 Å². The molecular weight excluding hydrogens is 1560 g/mol. The number of nitrogens with one attached hydrogen (secondary N) is 14. The Labute approximate surface area is 702 Å². The van der Waals surface area contributed by atoms with E-state index in [-0.39, 0.29) is 107 Å². The molecule has 11 rings (SSSR count). The van der Waals surface area contributed by atoms with Gasteiger partial charge in [-0.2, -0.15) is 0 Å². The monoisotopic (exact) mass is 1650 g/mol. The molecule has 0 aliphatic carbocycles. The van der Waals surface area contributed by atoms with E-state index in [1.807, 2.05) is 60.7 Å². The van der Waals surface area contributed by atoms with Crippen molar-refractivity contribution in [2.45, 2.75) is 102 Å². The van der Waals surface area contributed by atoms with Crippen molar-refractivity contribution in [1.82, 2.24) is 42.5 Å². The molecule has 122 heavy (non-hydrogen) atoms. The van der Waals surface area contributed by atoms with E-state index in [4.69, 9.17) is 9.47 Å². The number of benzene rings is 10. The molecule has 8 atom stereocenters. The first kappa shape index (κ1) is 87.5. The van der Waals surface area contributed by atoms with Crippen molar-refractivity contribution in [3.63, 3.8) is 0 Å². The summed E-state index contributed by atoms with van der Waals surface area (Å²) in [6.07, 6.45) is -0.00855. The molecular formula is C92H90N14O16. The Hall–Kier alpha value is -15.3. The quantitative estimate of drug-likeness (QED) is 0.0546. The van der Waals surface area contributed by atoms with Crippen LogP contribution in [-0.2, 0) is 73.9 Å². The zero-order valence-corrected chi connectivity index (χ0v) is 66.8. The van der Waals surface area contributed by atoms with Crippen molar-refractivity contribution in [1.29, 1.82) is 0 Å². The maximum atomic E-state index is 14.4. The Kier molecular flexibility index (Phi) is 30.6. The molecule has 12 bridgehead atoms. The highest BCUT2D eigenvalue weighted by molar-refractivity contribution is 6.09. The van der Waals surface area contributed by atoms with Gasteiger partial charge in [-0.15, -0.1) is 0 Å². The van der Waals surface area contributed by atoms with E-state index in [2.05, 4.69) is 74.4 Å². The number of carbonyl (C=O) groups is 14. The highest BCUT2D eigenvalue weighted by atomic mass is 16.5. The normalized spacial score (nSPS) is 19.4. The summed E-state index contributed by atoms with van der Waals surface area (Å²) in [5.74, 6) is -10.2. The van der Waals surface area contributed by atoms with E-state index < -0.39 is 131 Å². The van der Waals surface area contributed by atoms with Gasteiger partial charge in [0.2, 0.25) is 47.3 Å². The molecule has 30 nitrogen and oxygen atoms in total. The summed E-state index contributed by atoms with van der Waals surface area (Å²) in [5, 5.41) is 37.8. The molecule has 14 amide bonds. The highest BCUT2D eigenvalue weighted by Crippen LogP contribution is 2.22. The fraction of sp³-hybridized carbons (Fsp3) is 0.196. The average Bonchev–Trinajstić information content (AvgIpc) is 0.833. The fourth-order valence-corrected chi connectivity index (χ4v) is 12.5. The zero-order chi connectivity index (χ0) is 86.6. The van der Waals surface area contributed by atoms with Gasteiger partial charge < -0.3 is 83.9 Å². The Morgan fingerprint density at radius 1 is 0.213 bits per heavy atom. The predicted octanol–water partition coefficient (Wildman–Crippen LogP) is 8.39. The molecule has 10 aromatic rings. The second-order valence-electron chi connectivity index (χ2n) is 28.8. The standard InChI is InChI=1S/C92H90N14O16/c1-55-79(107)93-57(3)81(109)97-69-37-19-35-67(47-69)87(115)105-77(53-121-51-61-27-13-7-14-28-61)91(119)101-74-42-22-34-66(50-74)86(114)104-76(44-60-25-11-6-12-26-60)90(118)100-72-40-18-32-64(46-72)84(112)96-56(2)80(108)94-58(4)82(110)98-70-38-20-36-68(48-70)88(116)106-78(54-122-52-62-29-15-8-16-30-62)92(120)102-73-41-21-33-65(49-73)85(113)103-75(43-59-23-9-5-10-24-59)89(117)99-71-39-17-31-63(45-71)83(111)95-55/h5-42,45-50,55-58,75-78H,43-44,51-54H2,1-4H3,(H,93,107)(H,94,108)(H,95,111)(H,96,112)(H,97,109)(H,98,110)(H,99,117)(H,100,118)(H,101,119)(H,102,120)(H,103,113)(H,104,114)(H,105,115)(H,106,116)/t55-,56-,57-,58-,75-,76-,77-,78-/m0/s1. The number of anilines is 6. The van der Waals surface area contributed by atoms with Crippen LogP contribution in [0, 0.1) is 0 Å². The summed E-state index contributed by atoms with van der Waals surface area (Å²) in [7, 11) is 0. The first-order chi connectivity index (χ1) is 58.8. The Bertz CT molecular complexity index is 5160. The number of amides is 14. The van der Waals surface area contributed by atoms with Gasteiger partial charge in [0, 0.05) is 80.3 Å². The van der Waals surface area contributed by atoms with Crippen LogP contribution in [0.4, 0.5) is 34.1 Å². The van der Waals surface area contributed by atoms with Gasteiger partial charge in [-0.3, -0.25) is 67.1 Å². The van der Waals surface area contributed by atoms with Crippen LogP contribution in [0.2, 0.25) is 0 Å². The SMILES string of the molecule is C[C@@H]1NC(=O)c2cccc(c2)NC(=O)[C@H](Cc2ccccc2)NC(=O)c2cccc(c2)NC(=O)[C@H](COCc2ccccc2)NC(=O)c2cccc(c2)NC(=O)[C@H](C)NC(=O)[C@H](C)NC(=O)c2cccc(c2)NC(=O)[C@H](Cc2ccccc2)NC(=O)c2cccc(c2)NC(=O)[C@H](COCc2ccccc2)NC(=O)c2cccc(c2)NC(=O)[C@H](C)NC1=O. The van der Waals surface area contributed by atoms with Gasteiger partial charge in [0.1, 0.15) is 48.3 Å². The molecule has 14 N–H and O–H groups in total. The molecule has 1 aliphatic heterocycles. The number of hydrogen-bond donors (Lipinski definition) is 14. The van der Waals surface area contributed by atoms with E-state index >= 15 is 0 Å². The molecule has 0 saturated heterocycles. The maximum Gasteiger partial charge on any atom is 0.252 e. The summed E-state index contributed by atoms with van der Waals surface area (Å²) in [6, 6.07) is 60.5. The molecule has 0 aromatic heterocycles. The lowest BCUT2D eigenvalue weighted by atomic mass is 10.0. The second-order valence-corrected chi connectivity index (χ2v) is 28.8. The molecule has 30 heteroatoms. The third kappa shape index (κ3) is 25.8. The number of rotatable bonds is 12. The molecule has 0 saturated carbocycles. The van der Waals surface area contributed by atoms with E-state index in [1.165, 1.54) is 173 Å². The van der Waals surface area contributed by atoms with Gasteiger partial charge >= 0.3 is 0 Å². The number of hydrogen-bond acceptors (Lipinski definition) is 16. The molecule has 0 fully saturated rings. The van der Waals surface area contributed by atoms with Crippen LogP contribution >= 0.6 is 0 Å². The van der Waals surface area contributed by atoms with Gasteiger partial charge in [0.25, 0.3) is 35.4 Å². The van der Waals surface area contributed by atoms with Crippen molar-refractivity contribution in [2.75, 3.05) is 45.1 Å². The molecule has 1 heterocycles. The van der Waals surface area contributed by atoms with E-state index in [0.717, 1.165) is 11.1 Å². The van der Waals surface area contributed by atoms with Crippen molar-refractivity contribution < 1.29 is 76.6 Å². The van der Waals surface area contributed by atoms with Crippen LogP contribution in [0.1, 0.15) is 112 Å². The molecule has 624 valence electrons. The van der Waals surface area contributed by atoms with Crippen LogP contribution in [0.25, 0.3) is 0 Å². The summed E-state index contributed by atoms with van der Waals surface area (Å²) in [4.78, 5) is 197. The molecule has 0 radical (unpaired) electrons. The van der Waals surface area contributed by atoms with Gasteiger partial charge in [-0.05, 0) is 159 Å². The van der Waals surface area contributed by atoms with Crippen LogP contribution in [0.15, 0.2) is 267 Å². The predicted molar refractivity (Wildman–Crippen MR) is 457 cm³/mol. The van der Waals surface area contributed by atoms with Gasteiger partial charge in [-0.25, -0.2) is 0 Å². The van der Waals surface area contributed by atoms with Gasteiger partial charge in [0.05, 0.1) is 26.4 Å². The Balaban J connectivity index is 0.828. The topological polar surface area (TPSA) is 426 Å². The van der Waals surface area contributed by atoms with Crippen molar-refractivity contribution in [3.8, 4) is 0 Å². The van der Waals surface area contributed by atoms with E-state index in [1.54, 1.807) is 60.7 Å². The average molecular weight is 1650 g/mol. The largest absolute Gasteiger partial charge is 0.374 e. The molecule has 0 unspecified atom stereocenters. The number of carbonyl (C=O) groups excluding carboxylic acids is 14. The molecule has 0 spiro atoms. The van der Waals surface area contributed by atoms with Crippen LogP contribution in [0.5, 0.6) is 0 Å². The molecule has 1 aliphatic rings. The van der Waals surface area contributed by atoms with Crippen LogP contribution in [-0.4, -0.2) is 144 Å². The number of fused-ring (bicyclic) bond motifs is 12. The Morgan fingerprint density at radius 2 is 0.426 bits per heavy atom. The minimum Gasteiger partial charge on any atom is -0.374 e. The summed E-state index contributed by atoms with van der Waals surface area (Å²) < 4.78 is 12.0. The first-order valence-electron chi connectivity index (χ1n) is 39.1.